The van der Waals surface area contributed by atoms with Gasteiger partial charge in [-0.05, 0) is 46.5 Å². The third-order valence-corrected chi connectivity index (χ3v) is 6.87. The molecule has 2 saturated carbocycles. The van der Waals surface area contributed by atoms with Crippen molar-refractivity contribution in [3.63, 3.8) is 0 Å². The number of hydrogen-bond donors (Lipinski definition) is 0. The Kier molecular flexibility index (Phi) is 3.13. The van der Waals surface area contributed by atoms with Crippen molar-refractivity contribution in [2.24, 2.45) is 16.7 Å². The lowest BCUT2D eigenvalue weighted by molar-refractivity contribution is -0.00868. The molecular weight excluding hydrogens is 314 g/mol. The van der Waals surface area contributed by atoms with Crippen LogP contribution in [-0.2, 0) is 4.74 Å². The molecule has 0 aromatic rings. The Hall–Kier alpha value is -0.700. The highest BCUT2D eigenvalue weighted by molar-refractivity contribution is 9.11. The van der Waals surface area contributed by atoms with E-state index in [2.05, 4.69) is 43.3 Å². The topological polar surface area (TPSA) is 12.5 Å². The van der Waals surface area contributed by atoms with E-state index >= 15 is 0 Å². The lowest BCUT2D eigenvalue weighted by Gasteiger charge is -2.39. The van der Waals surface area contributed by atoms with E-state index in [0.717, 1.165) is 21.9 Å². The van der Waals surface area contributed by atoms with Crippen molar-refractivity contribution in [3.05, 3.63) is 34.8 Å². The van der Waals surface area contributed by atoms with E-state index in [1.165, 1.54) is 19.3 Å². The highest BCUT2D eigenvalue weighted by Crippen LogP contribution is 2.66. The zero-order valence-corrected chi connectivity index (χ0v) is 14.5. The molecule has 3 atom stereocenters. The number of allylic oxidation sites excluding steroid dienone is 2. The summed E-state index contributed by atoms with van der Waals surface area (Å²) in [6.45, 7) is 11.3. The molecule has 3 unspecified atom stereocenters. The summed E-state index contributed by atoms with van der Waals surface area (Å²) in [6, 6.07) is 0. The van der Waals surface area contributed by atoms with Crippen molar-refractivity contribution in [3.8, 4) is 0 Å². The van der Waals surface area contributed by atoms with Gasteiger partial charge in [-0.15, -0.1) is 0 Å². The Labute approximate surface area is 130 Å². The molecule has 1 aliphatic heterocycles. The van der Waals surface area contributed by atoms with Crippen LogP contribution in [-0.4, -0.2) is 18.1 Å². The third kappa shape index (κ3) is 1.82. The second-order valence-corrected chi connectivity index (χ2v) is 8.16. The number of halogens is 1. The number of nitrogens with zero attached hydrogens (tertiary/aromatic N) is 1. The summed E-state index contributed by atoms with van der Waals surface area (Å²) in [6.07, 6.45) is 8.20. The molecule has 0 saturated heterocycles. The maximum absolute atomic E-state index is 6.41. The van der Waals surface area contributed by atoms with Crippen LogP contribution in [0.25, 0.3) is 0 Å². The minimum absolute atomic E-state index is 0.288. The Morgan fingerprint density at radius 1 is 1.40 bits per heavy atom. The minimum Gasteiger partial charge on any atom is -0.489 e. The summed E-state index contributed by atoms with van der Waals surface area (Å²) in [7, 11) is 2.00. The van der Waals surface area contributed by atoms with Gasteiger partial charge in [0.25, 0.3) is 0 Å². The van der Waals surface area contributed by atoms with E-state index in [-0.39, 0.29) is 5.41 Å². The van der Waals surface area contributed by atoms with Gasteiger partial charge in [-0.1, -0.05) is 27.4 Å². The summed E-state index contributed by atoms with van der Waals surface area (Å²) in [5, 5.41) is 0. The third-order valence-electron chi connectivity index (χ3n) is 6.28. The van der Waals surface area contributed by atoms with E-state index in [9.17, 15) is 0 Å². The van der Waals surface area contributed by atoms with Crippen LogP contribution in [0.1, 0.15) is 40.0 Å². The molecule has 2 bridgehead atoms. The van der Waals surface area contributed by atoms with Crippen LogP contribution < -0.4 is 0 Å². The average molecular weight is 338 g/mol. The van der Waals surface area contributed by atoms with E-state index in [1.54, 1.807) is 0 Å². The molecule has 3 heteroatoms. The molecule has 110 valence electrons. The van der Waals surface area contributed by atoms with Crippen LogP contribution in [0.2, 0.25) is 0 Å². The van der Waals surface area contributed by atoms with E-state index in [1.807, 2.05) is 24.2 Å². The predicted octanol–water partition coefficient (Wildman–Crippen LogP) is 4.80. The van der Waals surface area contributed by atoms with Crippen LogP contribution in [0, 0.1) is 16.7 Å². The average Bonchev–Trinajstić information content (AvgIpc) is 2.69. The minimum atomic E-state index is 0.288. The van der Waals surface area contributed by atoms with Crippen molar-refractivity contribution >= 4 is 15.9 Å². The van der Waals surface area contributed by atoms with Gasteiger partial charge in [-0.3, -0.25) is 0 Å². The standard InChI is InChI=1S/C17H24BrNO/c1-11-8-14(13(18)10-19(11)5)20-15-9-12-6-7-17(15,4)16(12,2)3/h8,10,12,15H,1,6-7,9H2,2-5H3. The highest BCUT2D eigenvalue weighted by Gasteiger charge is 2.62. The maximum Gasteiger partial charge on any atom is 0.137 e. The molecule has 0 aromatic carbocycles. The smallest absolute Gasteiger partial charge is 0.137 e. The SMILES string of the molecule is C=C1C=C(OC2CC3CCC2(C)C3(C)C)C(Br)=CN1C. The number of likely N-dealkylation sites (N-methyl/N-ethyl adjacent to an activating group) is 1. The molecular formula is C17H24BrNO. The molecule has 0 amide bonds. The molecule has 3 rings (SSSR count). The van der Waals surface area contributed by atoms with Crippen LogP contribution >= 0.6 is 15.9 Å². The second kappa shape index (κ2) is 4.40. The van der Waals surface area contributed by atoms with Crippen LogP contribution in [0.15, 0.2) is 34.8 Å². The quantitative estimate of drug-likeness (QED) is 0.717. The number of ether oxygens (including phenoxy) is 1. The zero-order chi connectivity index (χ0) is 14.7. The van der Waals surface area contributed by atoms with Gasteiger partial charge in [-0.25, -0.2) is 0 Å². The lowest BCUT2D eigenvalue weighted by Crippen LogP contribution is -2.37. The Morgan fingerprint density at radius 2 is 2.10 bits per heavy atom. The van der Waals surface area contributed by atoms with Gasteiger partial charge in [-0.2, -0.15) is 0 Å². The van der Waals surface area contributed by atoms with E-state index < -0.39 is 0 Å². The first-order chi connectivity index (χ1) is 9.25. The Bertz CT molecular complexity index is 519. The van der Waals surface area contributed by atoms with E-state index in [0.29, 0.717) is 11.5 Å². The first-order valence-corrected chi connectivity index (χ1v) is 8.23. The Morgan fingerprint density at radius 3 is 2.65 bits per heavy atom. The van der Waals surface area contributed by atoms with Gasteiger partial charge < -0.3 is 9.64 Å². The predicted molar refractivity (Wildman–Crippen MR) is 86.1 cm³/mol. The van der Waals surface area contributed by atoms with Crippen LogP contribution in [0.4, 0.5) is 0 Å². The molecule has 2 nitrogen and oxygen atoms in total. The maximum atomic E-state index is 6.41. The molecule has 20 heavy (non-hydrogen) atoms. The van der Waals surface area contributed by atoms with Gasteiger partial charge >= 0.3 is 0 Å². The summed E-state index contributed by atoms with van der Waals surface area (Å²) in [4.78, 5) is 2.00. The summed E-state index contributed by atoms with van der Waals surface area (Å²) in [5.74, 6) is 1.73. The number of rotatable bonds is 2. The van der Waals surface area contributed by atoms with Crippen LogP contribution in [0.3, 0.4) is 0 Å². The molecule has 0 aromatic heterocycles. The lowest BCUT2D eigenvalue weighted by atomic mass is 9.70. The number of fused-ring (bicyclic) bond motifs is 2. The molecule has 2 aliphatic carbocycles. The van der Waals surface area contributed by atoms with E-state index in [4.69, 9.17) is 4.74 Å². The largest absolute Gasteiger partial charge is 0.489 e. The Balaban J connectivity index is 1.82. The van der Waals surface area contributed by atoms with Gasteiger partial charge in [0.05, 0.1) is 4.48 Å². The van der Waals surface area contributed by atoms with Gasteiger partial charge in [0.15, 0.2) is 0 Å². The van der Waals surface area contributed by atoms with Gasteiger partial charge in [0, 0.05) is 30.4 Å². The van der Waals surface area contributed by atoms with Crippen molar-refractivity contribution in [1.29, 1.82) is 0 Å². The zero-order valence-electron chi connectivity index (χ0n) is 12.9. The van der Waals surface area contributed by atoms with Crippen LogP contribution in [0.5, 0.6) is 0 Å². The molecule has 3 aliphatic rings. The van der Waals surface area contributed by atoms with Crippen molar-refractivity contribution < 1.29 is 4.74 Å². The monoisotopic (exact) mass is 337 g/mol. The molecule has 0 N–H and O–H groups in total. The first kappa shape index (κ1) is 14.2. The fraction of sp³-hybridized carbons (Fsp3) is 0.647. The number of hydrogen-bond acceptors (Lipinski definition) is 2. The van der Waals surface area contributed by atoms with Crippen molar-refractivity contribution in [2.45, 2.75) is 46.1 Å². The van der Waals surface area contributed by atoms with Gasteiger partial charge in [0.1, 0.15) is 11.9 Å². The molecule has 1 heterocycles. The van der Waals surface area contributed by atoms with Crippen molar-refractivity contribution in [2.75, 3.05) is 7.05 Å². The molecule has 0 radical (unpaired) electrons. The molecule has 0 spiro atoms. The highest BCUT2D eigenvalue weighted by atomic mass is 79.9. The molecule has 2 fully saturated rings. The van der Waals surface area contributed by atoms with Crippen molar-refractivity contribution in [1.82, 2.24) is 4.90 Å². The van der Waals surface area contributed by atoms with Gasteiger partial charge in [0.2, 0.25) is 0 Å². The normalized spacial score (nSPS) is 38.9. The fourth-order valence-corrected chi connectivity index (χ4v) is 4.71. The summed E-state index contributed by atoms with van der Waals surface area (Å²) in [5.41, 5.74) is 1.64. The summed E-state index contributed by atoms with van der Waals surface area (Å²) < 4.78 is 7.42. The first-order valence-electron chi connectivity index (χ1n) is 7.43. The second-order valence-electron chi connectivity index (χ2n) is 7.30. The fourth-order valence-electron chi connectivity index (χ4n) is 4.19. The summed E-state index contributed by atoms with van der Waals surface area (Å²) >= 11 is 3.61.